The number of hydrogen-bond acceptors (Lipinski definition) is 3. The molecule has 1 amide bonds. The average molecular weight is 207 g/mol. The second kappa shape index (κ2) is 5.14. The predicted octanol–water partition coefficient (Wildman–Crippen LogP) is 0.891. The summed E-state index contributed by atoms with van der Waals surface area (Å²) in [7, 11) is 0. The zero-order chi connectivity index (χ0) is 11.3. The van der Waals surface area contributed by atoms with Gasteiger partial charge in [0.15, 0.2) is 0 Å². The van der Waals surface area contributed by atoms with Gasteiger partial charge in [0.25, 0.3) is 0 Å². The summed E-state index contributed by atoms with van der Waals surface area (Å²) >= 11 is 0. The van der Waals surface area contributed by atoms with Crippen LogP contribution >= 0.6 is 0 Å². The highest BCUT2D eigenvalue weighted by Crippen LogP contribution is 2.05. The van der Waals surface area contributed by atoms with E-state index in [0.29, 0.717) is 12.2 Å². The largest absolute Gasteiger partial charge is 0.466 e. The van der Waals surface area contributed by atoms with Gasteiger partial charge < -0.3 is 10.5 Å². The van der Waals surface area contributed by atoms with Crippen LogP contribution in [0.25, 0.3) is 0 Å². The Kier molecular flexibility index (Phi) is 3.85. The molecular weight excluding hydrogens is 194 g/mol. The Morgan fingerprint density at radius 1 is 1.27 bits per heavy atom. The molecule has 0 aliphatic rings. The van der Waals surface area contributed by atoms with Gasteiger partial charge in [0.1, 0.15) is 0 Å². The van der Waals surface area contributed by atoms with E-state index in [1.54, 1.807) is 31.2 Å². The fourth-order valence-corrected chi connectivity index (χ4v) is 1.17. The first-order valence-corrected chi connectivity index (χ1v) is 4.68. The third-order valence-corrected chi connectivity index (χ3v) is 1.89. The Bertz CT molecular complexity index is 357. The minimum Gasteiger partial charge on any atom is -0.466 e. The van der Waals surface area contributed by atoms with Crippen molar-refractivity contribution in [2.24, 2.45) is 5.73 Å². The molecule has 2 N–H and O–H groups in total. The van der Waals surface area contributed by atoms with Crippen LogP contribution in [0.1, 0.15) is 22.8 Å². The van der Waals surface area contributed by atoms with Crippen LogP contribution in [0.4, 0.5) is 0 Å². The van der Waals surface area contributed by atoms with E-state index in [0.717, 1.165) is 5.56 Å². The maximum atomic E-state index is 11.1. The average Bonchev–Trinajstić information content (AvgIpc) is 2.18. The number of carbonyl (C=O) groups excluding carboxylic acids is 2. The molecule has 0 unspecified atom stereocenters. The number of benzene rings is 1. The summed E-state index contributed by atoms with van der Waals surface area (Å²) in [4.78, 5) is 21.9. The molecule has 0 atom stereocenters. The predicted molar refractivity (Wildman–Crippen MR) is 55.3 cm³/mol. The van der Waals surface area contributed by atoms with Gasteiger partial charge in [-0.15, -0.1) is 0 Å². The summed E-state index contributed by atoms with van der Waals surface area (Å²) in [5, 5.41) is 0. The van der Waals surface area contributed by atoms with E-state index in [1.807, 2.05) is 0 Å². The molecule has 0 heterocycles. The van der Waals surface area contributed by atoms with Crippen LogP contribution in [0.5, 0.6) is 0 Å². The van der Waals surface area contributed by atoms with E-state index in [2.05, 4.69) is 0 Å². The lowest BCUT2D eigenvalue weighted by molar-refractivity contribution is -0.142. The maximum absolute atomic E-state index is 11.1. The minimum atomic E-state index is -0.474. The van der Waals surface area contributed by atoms with Crippen molar-refractivity contribution < 1.29 is 14.3 Å². The van der Waals surface area contributed by atoms with Gasteiger partial charge in [-0.2, -0.15) is 0 Å². The number of carbonyl (C=O) groups is 2. The molecule has 15 heavy (non-hydrogen) atoms. The number of hydrogen-bond donors (Lipinski definition) is 1. The molecule has 4 heteroatoms. The van der Waals surface area contributed by atoms with Crippen molar-refractivity contribution in [1.82, 2.24) is 0 Å². The fraction of sp³-hybridized carbons (Fsp3) is 0.273. The molecule has 1 rings (SSSR count). The second-order valence-corrected chi connectivity index (χ2v) is 3.04. The molecule has 0 fully saturated rings. The highest BCUT2D eigenvalue weighted by molar-refractivity contribution is 5.92. The molecule has 0 bridgehead atoms. The van der Waals surface area contributed by atoms with Crippen LogP contribution in [-0.4, -0.2) is 18.5 Å². The third kappa shape index (κ3) is 3.42. The van der Waals surface area contributed by atoms with Crippen LogP contribution in [0.2, 0.25) is 0 Å². The van der Waals surface area contributed by atoms with E-state index in [4.69, 9.17) is 10.5 Å². The maximum Gasteiger partial charge on any atom is 0.310 e. The summed E-state index contributed by atoms with van der Waals surface area (Å²) < 4.78 is 4.79. The number of nitrogens with two attached hydrogens (primary N) is 1. The Hall–Kier alpha value is -1.84. The van der Waals surface area contributed by atoms with Crippen molar-refractivity contribution >= 4 is 11.9 Å². The molecule has 0 saturated carbocycles. The van der Waals surface area contributed by atoms with Gasteiger partial charge in [-0.3, -0.25) is 9.59 Å². The summed E-state index contributed by atoms with van der Waals surface area (Å²) in [5.74, 6) is -0.748. The van der Waals surface area contributed by atoms with Gasteiger partial charge in [-0.05, 0) is 24.6 Å². The van der Waals surface area contributed by atoms with Gasteiger partial charge in [0, 0.05) is 5.56 Å². The first-order chi connectivity index (χ1) is 7.13. The van der Waals surface area contributed by atoms with Crippen LogP contribution in [0, 0.1) is 0 Å². The SMILES string of the molecule is CCOC(=O)Cc1ccc(C(N)=O)cc1. The molecule has 0 aromatic heterocycles. The van der Waals surface area contributed by atoms with Crippen molar-refractivity contribution in [3.63, 3.8) is 0 Å². The van der Waals surface area contributed by atoms with E-state index in [9.17, 15) is 9.59 Å². The normalized spacial score (nSPS) is 9.67. The molecule has 1 aromatic carbocycles. The third-order valence-electron chi connectivity index (χ3n) is 1.89. The first kappa shape index (κ1) is 11.2. The van der Waals surface area contributed by atoms with E-state index in [-0.39, 0.29) is 12.4 Å². The van der Waals surface area contributed by atoms with E-state index >= 15 is 0 Å². The van der Waals surface area contributed by atoms with Crippen LogP contribution in [-0.2, 0) is 16.0 Å². The molecule has 0 radical (unpaired) electrons. The summed E-state index contributed by atoms with van der Waals surface area (Å²) in [6.07, 6.45) is 0.215. The number of rotatable bonds is 4. The minimum absolute atomic E-state index is 0.215. The highest BCUT2D eigenvalue weighted by atomic mass is 16.5. The monoisotopic (exact) mass is 207 g/mol. The van der Waals surface area contributed by atoms with Crippen molar-refractivity contribution in [3.8, 4) is 0 Å². The molecule has 80 valence electrons. The molecular formula is C11H13NO3. The van der Waals surface area contributed by atoms with Crippen LogP contribution in [0.3, 0.4) is 0 Å². The van der Waals surface area contributed by atoms with Crippen molar-refractivity contribution in [3.05, 3.63) is 35.4 Å². The zero-order valence-corrected chi connectivity index (χ0v) is 8.53. The summed E-state index contributed by atoms with van der Waals surface area (Å²) in [6.45, 7) is 2.13. The molecule has 0 aliphatic heterocycles. The molecule has 0 saturated heterocycles. The Labute approximate surface area is 88.0 Å². The van der Waals surface area contributed by atoms with E-state index < -0.39 is 5.91 Å². The molecule has 1 aromatic rings. The van der Waals surface area contributed by atoms with Gasteiger partial charge in [-0.1, -0.05) is 12.1 Å². The lowest BCUT2D eigenvalue weighted by atomic mass is 10.1. The fourth-order valence-electron chi connectivity index (χ4n) is 1.17. The number of ether oxygens (including phenoxy) is 1. The smallest absolute Gasteiger partial charge is 0.310 e. The van der Waals surface area contributed by atoms with Crippen molar-refractivity contribution in [1.29, 1.82) is 0 Å². The molecule has 0 aliphatic carbocycles. The van der Waals surface area contributed by atoms with Crippen LogP contribution < -0.4 is 5.73 Å². The lowest BCUT2D eigenvalue weighted by Crippen LogP contribution is -2.11. The number of primary amides is 1. The van der Waals surface area contributed by atoms with Crippen LogP contribution in [0.15, 0.2) is 24.3 Å². The topological polar surface area (TPSA) is 69.4 Å². The highest BCUT2D eigenvalue weighted by Gasteiger charge is 2.04. The quantitative estimate of drug-likeness (QED) is 0.745. The van der Waals surface area contributed by atoms with Gasteiger partial charge in [0.05, 0.1) is 13.0 Å². The second-order valence-electron chi connectivity index (χ2n) is 3.04. The lowest BCUT2D eigenvalue weighted by Gasteiger charge is -2.02. The van der Waals surface area contributed by atoms with Gasteiger partial charge in [0.2, 0.25) is 5.91 Å². The summed E-state index contributed by atoms with van der Waals surface area (Å²) in [6, 6.07) is 6.57. The van der Waals surface area contributed by atoms with Crippen molar-refractivity contribution in [2.45, 2.75) is 13.3 Å². The zero-order valence-electron chi connectivity index (χ0n) is 8.53. The summed E-state index contributed by atoms with van der Waals surface area (Å²) in [5.41, 5.74) is 6.32. The Balaban J connectivity index is 2.64. The molecule has 0 spiro atoms. The van der Waals surface area contributed by atoms with Gasteiger partial charge in [-0.25, -0.2) is 0 Å². The number of amides is 1. The van der Waals surface area contributed by atoms with Crippen molar-refractivity contribution in [2.75, 3.05) is 6.61 Å². The molecule has 4 nitrogen and oxygen atoms in total. The first-order valence-electron chi connectivity index (χ1n) is 4.68. The Morgan fingerprint density at radius 2 is 1.87 bits per heavy atom. The Morgan fingerprint density at radius 3 is 2.33 bits per heavy atom. The number of esters is 1. The van der Waals surface area contributed by atoms with Gasteiger partial charge >= 0.3 is 5.97 Å². The van der Waals surface area contributed by atoms with E-state index in [1.165, 1.54) is 0 Å². The standard InChI is InChI=1S/C11H13NO3/c1-2-15-10(13)7-8-3-5-9(6-4-8)11(12)14/h3-6H,2,7H2,1H3,(H2,12,14).